The number of hydrogen-bond acceptors (Lipinski definition) is 4. The van der Waals surface area contributed by atoms with Gasteiger partial charge in [0, 0.05) is 18.0 Å². The summed E-state index contributed by atoms with van der Waals surface area (Å²) >= 11 is 1.74. The second kappa shape index (κ2) is 6.72. The zero-order valence-corrected chi connectivity index (χ0v) is 14.2. The second-order valence-corrected chi connectivity index (χ2v) is 6.94. The topological polar surface area (TPSA) is 90.5 Å². The molecule has 1 aromatic rings. The van der Waals surface area contributed by atoms with Gasteiger partial charge in [0.25, 0.3) is 5.91 Å². The first-order valence-electron chi connectivity index (χ1n) is 7.80. The Labute approximate surface area is 144 Å². The van der Waals surface area contributed by atoms with Gasteiger partial charge in [0.1, 0.15) is 5.54 Å². The first-order valence-corrected chi connectivity index (χ1v) is 9.19. The Balaban J connectivity index is 1.64. The third-order valence-corrected chi connectivity index (χ3v) is 4.93. The lowest BCUT2D eigenvalue weighted by atomic mass is 9.89. The summed E-state index contributed by atoms with van der Waals surface area (Å²) in [5.74, 6) is 0.573. The minimum Gasteiger partial charge on any atom is -0.322 e. The molecule has 2 fully saturated rings. The van der Waals surface area contributed by atoms with E-state index >= 15 is 0 Å². The Morgan fingerprint density at radius 3 is 2.71 bits per heavy atom. The molecule has 0 bridgehead atoms. The molecule has 0 radical (unpaired) electrons. The number of thioether (sulfide) groups is 1. The number of benzene rings is 1. The van der Waals surface area contributed by atoms with Gasteiger partial charge in [-0.25, -0.2) is 9.59 Å². The number of nitrogens with one attached hydrogen (secondary N) is 3. The van der Waals surface area contributed by atoms with Crippen LogP contribution in [0.15, 0.2) is 24.3 Å². The van der Waals surface area contributed by atoms with E-state index in [-0.39, 0.29) is 18.5 Å². The smallest absolute Gasteiger partial charge is 0.322 e. The molecule has 1 aromatic carbocycles. The van der Waals surface area contributed by atoms with E-state index in [0.29, 0.717) is 25.1 Å². The molecule has 0 saturated carbocycles. The first kappa shape index (κ1) is 16.6. The van der Waals surface area contributed by atoms with Gasteiger partial charge < -0.3 is 15.5 Å². The van der Waals surface area contributed by atoms with Gasteiger partial charge in [-0.3, -0.25) is 10.1 Å². The number of rotatable bonds is 3. The van der Waals surface area contributed by atoms with E-state index in [1.165, 1.54) is 5.56 Å². The summed E-state index contributed by atoms with van der Waals surface area (Å²) in [6, 6.07) is 6.94. The number of anilines is 1. The fourth-order valence-electron chi connectivity index (χ4n) is 3.10. The van der Waals surface area contributed by atoms with Crippen molar-refractivity contribution in [3.63, 3.8) is 0 Å². The summed E-state index contributed by atoms with van der Waals surface area (Å²) < 4.78 is 0. The number of imide groups is 1. The molecular formula is C16H20N4O3S. The molecule has 2 aliphatic heterocycles. The third-order valence-electron chi connectivity index (χ3n) is 4.31. The Morgan fingerprint density at radius 1 is 1.33 bits per heavy atom. The Hall–Kier alpha value is -2.22. The van der Waals surface area contributed by atoms with Crippen LogP contribution in [0.5, 0.6) is 0 Å². The summed E-state index contributed by atoms with van der Waals surface area (Å²) in [4.78, 5) is 37.5. The maximum Gasteiger partial charge on any atom is 0.322 e. The van der Waals surface area contributed by atoms with E-state index in [4.69, 9.17) is 0 Å². The quantitative estimate of drug-likeness (QED) is 0.726. The van der Waals surface area contributed by atoms with Crippen molar-refractivity contribution in [3.8, 4) is 0 Å². The normalized spacial score (nSPS) is 23.1. The number of hydrogen-bond donors (Lipinski definition) is 3. The lowest BCUT2D eigenvalue weighted by Gasteiger charge is -2.37. The van der Waals surface area contributed by atoms with Gasteiger partial charge in [0.2, 0.25) is 0 Å². The van der Waals surface area contributed by atoms with Crippen molar-refractivity contribution < 1.29 is 14.4 Å². The van der Waals surface area contributed by atoms with Gasteiger partial charge >= 0.3 is 12.1 Å². The van der Waals surface area contributed by atoms with Crippen LogP contribution in [0, 0.1) is 0 Å². The highest BCUT2D eigenvalue weighted by atomic mass is 32.2. The predicted octanol–water partition coefficient (Wildman–Crippen LogP) is 1.76. The van der Waals surface area contributed by atoms with Crippen LogP contribution in [0.2, 0.25) is 0 Å². The van der Waals surface area contributed by atoms with Crippen molar-refractivity contribution in [1.29, 1.82) is 0 Å². The van der Waals surface area contributed by atoms with Crippen molar-refractivity contribution in [2.75, 3.05) is 24.7 Å². The largest absolute Gasteiger partial charge is 0.322 e. The lowest BCUT2D eigenvalue weighted by molar-refractivity contribution is -0.125. The first-order chi connectivity index (χ1) is 11.5. The van der Waals surface area contributed by atoms with Crippen molar-refractivity contribution in [1.82, 2.24) is 15.5 Å². The average Bonchev–Trinajstić information content (AvgIpc) is 2.82. The van der Waals surface area contributed by atoms with E-state index in [9.17, 15) is 14.4 Å². The Bertz CT molecular complexity index is 664. The molecule has 3 N–H and O–H groups in total. The molecule has 0 aliphatic carbocycles. The minimum absolute atomic E-state index is 0.182. The monoisotopic (exact) mass is 348 g/mol. The molecule has 1 atom stereocenters. The highest BCUT2D eigenvalue weighted by Gasteiger charge is 2.49. The SMILES string of the molecule is CSCc1ccc(NC(=O)N2CCCC3(C2)NC(=O)NC3=O)cc1. The number of likely N-dealkylation sites (tertiary alicyclic amines) is 1. The molecule has 24 heavy (non-hydrogen) atoms. The van der Waals surface area contributed by atoms with E-state index in [2.05, 4.69) is 16.0 Å². The van der Waals surface area contributed by atoms with Crippen molar-refractivity contribution in [2.24, 2.45) is 0 Å². The van der Waals surface area contributed by atoms with Crippen LogP contribution in [0.3, 0.4) is 0 Å². The molecule has 1 unspecified atom stereocenters. The summed E-state index contributed by atoms with van der Waals surface area (Å²) in [5, 5.41) is 7.77. The van der Waals surface area contributed by atoms with Crippen molar-refractivity contribution in [3.05, 3.63) is 29.8 Å². The van der Waals surface area contributed by atoms with Crippen LogP contribution in [-0.2, 0) is 10.5 Å². The predicted molar refractivity (Wildman–Crippen MR) is 92.9 cm³/mol. The van der Waals surface area contributed by atoms with Gasteiger partial charge in [0.15, 0.2) is 0 Å². The van der Waals surface area contributed by atoms with Gasteiger partial charge in [-0.15, -0.1) is 0 Å². The van der Waals surface area contributed by atoms with Gasteiger partial charge in [-0.2, -0.15) is 11.8 Å². The summed E-state index contributed by atoms with van der Waals surface area (Å²) in [5.41, 5.74) is 0.918. The average molecular weight is 348 g/mol. The molecule has 1 spiro atoms. The van der Waals surface area contributed by atoms with Crippen LogP contribution in [0.4, 0.5) is 15.3 Å². The number of carbonyl (C=O) groups excluding carboxylic acids is 3. The van der Waals surface area contributed by atoms with Crippen LogP contribution in [0.25, 0.3) is 0 Å². The van der Waals surface area contributed by atoms with Crippen molar-refractivity contribution in [2.45, 2.75) is 24.1 Å². The summed E-state index contributed by atoms with van der Waals surface area (Å²) in [6.07, 6.45) is 3.24. The zero-order valence-electron chi connectivity index (χ0n) is 13.4. The van der Waals surface area contributed by atoms with E-state index in [1.807, 2.05) is 30.5 Å². The lowest BCUT2D eigenvalue weighted by Crippen LogP contribution is -2.60. The molecule has 2 saturated heterocycles. The van der Waals surface area contributed by atoms with E-state index in [0.717, 1.165) is 5.75 Å². The molecule has 3 rings (SSSR count). The fourth-order valence-corrected chi connectivity index (χ4v) is 3.62. The van der Waals surface area contributed by atoms with Crippen LogP contribution >= 0.6 is 11.8 Å². The van der Waals surface area contributed by atoms with Gasteiger partial charge in [0.05, 0.1) is 6.54 Å². The maximum absolute atomic E-state index is 12.5. The number of piperidine rings is 1. The molecule has 8 heteroatoms. The molecule has 0 aromatic heterocycles. The molecule has 128 valence electrons. The van der Waals surface area contributed by atoms with Crippen LogP contribution < -0.4 is 16.0 Å². The molecule has 7 nitrogen and oxygen atoms in total. The highest BCUT2D eigenvalue weighted by molar-refractivity contribution is 7.97. The number of carbonyl (C=O) groups is 3. The fraction of sp³-hybridized carbons (Fsp3) is 0.438. The summed E-state index contributed by atoms with van der Waals surface area (Å²) in [7, 11) is 0. The Kier molecular flexibility index (Phi) is 4.66. The van der Waals surface area contributed by atoms with Gasteiger partial charge in [-0.1, -0.05) is 12.1 Å². The second-order valence-electron chi connectivity index (χ2n) is 6.08. The number of nitrogens with zero attached hydrogens (tertiary/aromatic N) is 1. The standard InChI is InChI=1S/C16H20N4O3S/c1-24-9-11-3-5-12(6-4-11)17-15(23)20-8-2-7-16(10-20)13(21)18-14(22)19-16/h3-6H,2,7-10H2,1H3,(H,17,23)(H2,18,19,21,22). The van der Waals surface area contributed by atoms with Crippen LogP contribution in [0.1, 0.15) is 18.4 Å². The molecular weight excluding hydrogens is 328 g/mol. The van der Waals surface area contributed by atoms with E-state index in [1.54, 1.807) is 16.7 Å². The van der Waals surface area contributed by atoms with Crippen molar-refractivity contribution >= 4 is 35.4 Å². The highest BCUT2D eigenvalue weighted by Crippen LogP contribution is 2.25. The minimum atomic E-state index is -0.991. The third kappa shape index (κ3) is 3.33. The van der Waals surface area contributed by atoms with Gasteiger partial charge in [-0.05, 0) is 36.8 Å². The number of amides is 5. The maximum atomic E-state index is 12.5. The van der Waals surface area contributed by atoms with Crippen LogP contribution in [-0.4, -0.2) is 47.8 Å². The van der Waals surface area contributed by atoms with E-state index < -0.39 is 11.6 Å². The zero-order chi connectivity index (χ0) is 17.2. The number of urea groups is 2. The summed E-state index contributed by atoms with van der Waals surface area (Å²) in [6.45, 7) is 0.738. The molecule has 2 aliphatic rings. The Morgan fingerprint density at radius 2 is 2.08 bits per heavy atom. The molecule has 2 heterocycles. The molecule has 5 amide bonds.